The van der Waals surface area contributed by atoms with Gasteiger partial charge < -0.3 is 10.2 Å². The molecule has 108 valence electrons. The van der Waals surface area contributed by atoms with Gasteiger partial charge in [-0.05, 0) is 58.4 Å². The normalized spacial score (nSPS) is 10.3. The zero-order valence-electron chi connectivity index (χ0n) is 10.6. The van der Waals surface area contributed by atoms with Gasteiger partial charge in [0.15, 0.2) is 0 Å². The molecule has 0 aliphatic carbocycles. The quantitative estimate of drug-likeness (QED) is 0.651. The molecular weight excluding hydrogens is 327 g/mol. The summed E-state index contributed by atoms with van der Waals surface area (Å²) in [5, 5.41) is 17.7. The van der Waals surface area contributed by atoms with Gasteiger partial charge in [0.25, 0.3) is 0 Å². The van der Waals surface area contributed by atoms with Crippen LogP contribution in [0.2, 0.25) is 0 Å². The highest BCUT2D eigenvalue weighted by atomic mass is 32.2. The van der Waals surface area contributed by atoms with Gasteiger partial charge in [-0.2, -0.15) is 0 Å². The van der Waals surface area contributed by atoms with Crippen LogP contribution in [0, 0.1) is 0 Å². The molecule has 7 heteroatoms. The molecule has 0 heterocycles. The maximum atomic E-state index is 10.6. The molecule has 0 unspecified atom stereocenters. The Morgan fingerprint density at radius 2 is 1.05 bits per heavy atom. The molecule has 0 amide bonds. The Labute approximate surface area is 131 Å². The van der Waals surface area contributed by atoms with E-state index in [2.05, 4.69) is 0 Å². The summed E-state index contributed by atoms with van der Waals surface area (Å²) in [5.74, 6) is 0. The Bertz CT molecular complexity index is 584. The van der Waals surface area contributed by atoms with E-state index in [4.69, 9.17) is 10.2 Å². The summed E-state index contributed by atoms with van der Waals surface area (Å²) < 4.78 is 0. The van der Waals surface area contributed by atoms with Crippen molar-refractivity contribution in [3.05, 3.63) is 48.5 Å². The van der Waals surface area contributed by atoms with Crippen LogP contribution in [0.5, 0.6) is 0 Å². The summed E-state index contributed by atoms with van der Waals surface area (Å²) in [6, 6.07) is 14.8. The molecule has 0 aliphatic heterocycles. The van der Waals surface area contributed by atoms with Gasteiger partial charge >= 0.3 is 10.6 Å². The molecule has 21 heavy (non-hydrogen) atoms. The van der Waals surface area contributed by atoms with Crippen LogP contribution in [-0.2, 0) is 0 Å². The van der Waals surface area contributed by atoms with E-state index in [9.17, 15) is 9.59 Å². The summed E-state index contributed by atoms with van der Waals surface area (Å²) in [6.07, 6.45) is 0. The second kappa shape index (κ2) is 7.50. The van der Waals surface area contributed by atoms with Gasteiger partial charge in [0.1, 0.15) is 0 Å². The van der Waals surface area contributed by atoms with Crippen LogP contribution in [0.25, 0.3) is 0 Å². The van der Waals surface area contributed by atoms with Gasteiger partial charge in [-0.15, -0.1) is 0 Å². The average Bonchev–Trinajstić information content (AvgIpc) is 2.42. The van der Waals surface area contributed by atoms with Crippen LogP contribution in [0.3, 0.4) is 0 Å². The zero-order chi connectivity index (χ0) is 15.2. The fraction of sp³-hybridized carbons (Fsp3) is 0. The first-order chi connectivity index (χ1) is 10.0. The number of rotatable bonds is 4. The molecule has 4 nitrogen and oxygen atoms in total. The van der Waals surface area contributed by atoms with Crippen molar-refractivity contribution in [2.45, 2.75) is 9.79 Å². The van der Waals surface area contributed by atoms with Gasteiger partial charge in [0, 0.05) is 9.79 Å². The van der Waals surface area contributed by atoms with Gasteiger partial charge in [-0.25, -0.2) is 9.59 Å². The van der Waals surface area contributed by atoms with Crippen molar-refractivity contribution in [3.8, 4) is 0 Å². The molecule has 0 spiro atoms. The Morgan fingerprint density at radius 3 is 1.33 bits per heavy atom. The predicted molar refractivity (Wildman–Crippen MR) is 88.2 cm³/mol. The Hall–Kier alpha value is -1.49. The lowest BCUT2D eigenvalue weighted by Gasteiger charge is -2.04. The third-order valence-corrected chi connectivity index (χ3v) is 5.02. The minimum Gasteiger partial charge on any atom is -0.473 e. The van der Waals surface area contributed by atoms with Crippen molar-refractivity contribution in [1.29, 1.82) is 0 Å². The first-order valence-corrected chi connectivity index (χ1v) is 8.45. The molecule has 0 saturated heterocycles. The lowest BCUT2D eigenvalue weighted by Crippen LogP contribution is -2.02. The van der Waals surface area contributed by atoms with Crippen molar-refractivity contribution in [1.82, 2.24) is 0 Å². The SMILES string of the molecule is O=C(O)Sc1ccc(Pc2ccc(SC(=O)O)cc2)cc1. The Kier molecular flexibility index (Phi) is 5.67. The summed E-state index contributed by atoms with van der Waals surface area (Å²) in [5.41, 5.74) is 0. The number of thioether (sulfide) groups is 2. The van der Waals surface area contributed by atoms with E-state index >= 15 is 0 Å². The highest BCUT2D eigenvalue weighted by Crippen LogP contribution is 2.21. The van der Waals surface area contributed by atoms with E-state index in [1.807, 2.05) is 24.3 Å². The Balaban J connectivity index is 2.01. The average molecular weight is 338 g/mol. The molecule has 0 bridgehead atoms. The number of benzene rings is 2. The van der Waals surface area contributed by atoms with Crippen LogP contribution >= 0.6 is 32.1 Å². The smallest absolute Gasteiger partial charge is 0.369 e. The van der Waals surface area contributed by atoms with Crippen molar-refractivity contribution in [2.24, 2.45) is 0 Å². The maximum Gasteiger partial charge on any atom is 0.369 e. The van der Waals surface area contributed by atoms with Crippen LogP contribution in [0.15, 0.2) is 58.3 Å². The second-order valence-electron chi connectivity index (χ2n) is 3.91. The summed E-state index contributed by atoms with van der Waals surface area (Å²) >= 11 is 1.56. The monoisotopic (exact) mass is 338 g/mol. The number of hydrogen-bond acceptors (Lipinski definition) is 4. The van der Waals surface area contributed by atoms with Crippen molar-refractivity contribution >= 4 is 53.3 Å². The molecule has 2 aromatic rings. The first kappa shape index (κ1) is 15.9. The number of carboxylic acid groups (broad SMARTS) is 2. The van der Waals surface area contributed by atoms with E-state index in [0.29, 0.717) is 18.4 Å². The minimum absolute atomic E-state index is 0.448. The fourth-order valence-electron chi connectivity index (χ4n) is 1.58. The van der Waals surface area contributed by atoms with Crippen molar-refractivity contribution in [2.75, 3.05) is 0 Å². The molecule has 2 N–H and O–H groups in total. The van der Waals surface area contributed by atoms with Gasteiger partial charge in [0.05, 0.1) is 0 Å². The van der Waals surface area contributed by atoms with E-state index in [0.717, 1.165) is 34.1 Å². The standard InChI is InChI=1S/C14H11O4PS2/c15-13(16)20-11-5-1-9(2-6-11)19-10-3-7-12(8-4-10)21-14(17)18/h1-8,19H,(H,15,16)(H,17,18). The molecule has 0 saturated carbocycles. The highest BCUT2D eigenvalue weighted by Gasteiger charge is 2.03. The molecule has 0 radical (unpaired) electrons. The molecule has 2 rings (SSSR count). The highest BCUT2D eigenvalue weighted by molar-refractivity contribution is 8.13. The van der Waals surface area contributed by atoms with Crippen LogP contribution in [0.4, 0.5) is 9.59 Å². The van der Waals surface area contributed by atoms with E-state index in [-0.39, 0.29) is 0 Å². The van der Waals surface area contributed by atoms with Crippen LogP contribution in [-0.4, -0.2) is 20.8 Å². The van der Waals surface area contributed by atoms with E-state index in [1.54, 1.807) is 24.3 Å². The summed E-state index contributed by atoms with van der Waals surface area (Å²) in [6.45, 7) is 0. The van der Waals surface area contributed by atoms with E-state index in [1.165, 1.54) is 0 Å². The Morgan fingerprint density at radius 1 is 0.714 bits per heavy atom. The van der Waals surface area contributed by atoms with Crippen molar-refractivity contribution in [3.63, 3.8) is 0 Å². The summed E-state index contributed by atoms with van der Waals surface area (Å²) in [7, 11) is 0.448. The van der Waals surface area contributed by atoms with Crippen LogP contribution < -0.4 is 10.6 Å². The second-order valence-corrected chi connectivity index (χ2v) is 7.36. The van der Waals surface area contributed by atoms with Crippen molar-refractivity contribution < 1.29 is 19.8 Å². The largest absolute Gasteiger partial charge is 0.473 e. The lowest BCUT2D eigenvalue weighted by atomic mass is 10.4. The minimum atomic E-state index is -0.920. The lowest BCUT2D eigenvalue weighted by molar-refractivity contribution is 0.221. The fourth-order valence-corrected chi connectivity index (χ4v) is 3.53. The third kappa shape index (κ3) is 5.42. The van der Waals surface area contributed by atoms with Gasteiger partial charge in [-0.3, -0.25) is 0 Å². The molecule has 0 aliphatic rings. The summed E-state index contributed by atoms with van der Waals surface area (Å²) in [4.78, 5) is 22.5. The molecule has 2 aromatic carbocycles. The first-order valence-electron chi connectivity index (χ1n) is 5.81. The predicted octanol–water partition coefficient (Wildman–Crippen LogP) is 3.86. The third-order valence-electron chi connectivity index (χ3n) is 2.41. The molecule has 0 atom stereocenters. The molecule has 0 aromatic heterocycles. The zero-order valence-corrected chi connectivity index (χ0v) is 13.3. The van der Waals surface area contributed by atoms with Gasteiger partial charge in [0.2, 0.25) is 0 Å². The number of hydrogen-bond donors (Lipinski definition) is 2. The molecular formula is C14H11O4PS2. The number of carbonyl (C=O) groups is 2. The topological polar surface area (TPSA) is 74.6 Å². The molecule has 0 fully saturated rings. The van der Waals surface area contributed by atoms with Gasteiger partial charge in [-0.1, -0.05) is 32.8 Å². The maximum absolute atomic E-state index is 10.6. The van der Waals surface area contributed by atoms with E-state index < -0.39 is 10.6 Å². The van der Waals surface area contributed by atoms with Crippen LogP contribution in [0.1, 0.15) is 0 Å².